The predicted octanol–water partition coefficient (Wildman–Crippen LogP) is 0.318. The standard InChI is InChI=1S/C7H16N2/c1-5-2-7(9)3-6(5)4-8/h5-7H,2-4,8-9H2,1H3/t5?,6-,7+/m1/s1. The summed E-state index contributed by atoms with van der Waals surface area (Å²) in [5.74, 6) is 1.45. The van der Waals surface area contributed by atoms with E-state index in [4.69, 9.17) is 11.5 Å². The third-order valence-electron chi connectivity index (χ3n) is 2.39. The molecule has 1 saturated carbocycles. The molecule has 0 heterocycles. The van der Waals surface area contributed by atoms with Crippen LogP contribution in [0.2, 0.25) is 0 Å². The van der Waals surface area contributed by atoms with E-state index in [1.807, 2.05) is 0 Å². The highest BCUT2D eigenvalue weighted by molar-refractivity contribution is 4.83. The van der Waals surface area contributed by atoms with Crippen LogP contribution in [0.25, 0.3) is 0 Å². The van der Waals surface area contributed by atoms with Gasteiger partial charge in [0, 0.05) is 6.04 Å². The predicted molar refractivity (Wildman–Crippen MR) is 38.9 cm³/mol. The highest BCUT2D eigenvalue weighted by Gasteiger charge is 2.27. The van der Waals surface area contributed by atoms with Crippen molar-refractivity contribution in [2.45, 2.75) is 25.8 Å². The van der Waals surface area contributed by atoms with E-state index >= 15 is 0 Å². The third-order valence-corrected chi connectivity index (χ3v) is 2.39. The van der Waals surface area contributed by atoms with E-state index in [0.717, 1.165) is 18.9 Å². The maximum absolute atomic E-state index is 5.74. The van der Waals surface area contributed by atoms with Crippen LogP contribution in [0.4, 0.5) is 0 Å². The Morgan fingerprint density at radius 2 is 2.11 bits per heavy atom. The second-order valence-electron chi connectivity index (χ2n) is 3.20. The third kappa shape index (κ3) is 1.43. The Bertz CT molecular complexity index is 92.9. The van der Waals surface area contributed by atoms with Gasteiger partial charge in [0.2, 0.25) is 0 Å². The van der Waals surface area contributed by atoms with Gasteiger partial charge >= 0.3 is 0 Å². The summed E-state index contributed by atoms with van der Waals surface area (Å²) in [6.07, 6.45) is 2.31. The van der Waals surface area contributed by atoms with Crippen LogP contribution in [0.15, 0.2) is 0 Å². The lowest BCUT2D eigenvalue weighted by Gasteiger charge is -2.09. The van der Waals surface area contributed by atoms with Crippen molar-refractivity contribution in [3.63, 3.8) is 0 Å². The van der Waals surface area contributed by atoms with Crippen molar-refractivity contribution in [1.82, 2.24) is 0 Å². The molecule has 9 heavy (non-hydrogen) atoms. The lowest BCUT2D eigenvalue weighted by Crippen LogP contribution is -2.18. The molecule has 0 bridgehead atoms. The van der Waals surface area contributed by atoms with Gasteiger partial charge in [-0.15, -0.1) is 0 Å². The molecule has 0 radical (unpaired) electrons. The SMILES string of the molecule is CC1C[C@H](N)C[C@@H]1CN. The van der Waals surface area contributed by atoms with Crippen molar-refractivity contribution < 1.29 is 0 Å². The Morgan fingerprint density at radius 1 is 1.44 bits per heavy atom. The molecule has 0 saturated heterocycles. The lowest BCUT2D eigenvalue weighted by molar-refractivity contribution is 0.429. The minimum absolute atomic E-state index is 0.425. The minimum atomic E-state index is 0.425. The van der Waals surface area contributed by atoms with E-state index in [2.05, 4.69) is 6.92 Å². The van der Waals surface area contributed by atoms with Gasteiger partial charge in [0.15, 0.2) is 0 Å². The lowest BCUT2D eigenvalue weighted by atomic mass is 9.99. The zero-order valence-corrected chi connectivity index (χ0v) is 6.01. The Morgan fingerprint density at radius 3 is 2.33 bits per heavy atom. The van der Waals surface area contributed by atoms with Gasteiger partial charge in [-0.25, -0.2) is 0 Å². The van der Waals surface area contributed by atoms with E-state index in [0.29, 0.717) is 12.0 Å². The molecule has 2 nitrogen and oxygen atoms in total. The summed E-state index contributed by atoms with van der Waals surface area (Å²) in [6.45, 7) is 3.05. The highest BCUT2D eigenvalue weighted by atomic mass is 14.7. The summed E-state index contributed by atoms with van der Waals surface area (Å²) in [6, 6.07) is 0.425. The van der Waals surface area contributed by atoms with Crippen molar-refractivity contribution in [1.29, 1.82) is 0 Å². The fraction of sp³-hybridized carbons (Fsp3) is 1.00. The van der Waals surface area contributed by atoms with Crippen molar-refractivity contribution >= 4 is 0 Å². The van der Waals surface area contributed by atoms with Gasteiger partial charge in [0.25, 0.3) is 0 Å². The van der Waals surface area contributed by atoms with Crippen LogP contribution >= 0.6 is 0 Å². The first-order valence-electron chi connectivity index (χ1n) is 3.69. The summed E-state index contributed by atoms with van der Waals surface area (Å²) < 4.78 is 0. The monoisotopic (exact) mass is 128 g/mol. The minimum Gasteiger partial charge on any atom is -0.330 e. The van der Waals surface area contributed by atoms with Crippen LogP contribution in [0.3, 0.4) is 0 Å². The summed E-state index contributed by atoms with van der Waals surface area (Å²) in [5, 5.41) is 0. The van der Waals surface area contributed by atoms with E-state index in [1.54, 1.807) is 0 Å². The van der Waals surface area contributed by atoms with Gasteiger partial charge in [-0.2, -0.15) is 0 Å². The van der Waals surface area contributed by atoms with Gasteiger partial charge < -0.3 is 11.5 Å². The van der Waals surface area contributed by atoms with E-state index in [1.165, 1.54) is 6.42 Å². The fourth-order valence-electron chi connectivity index (χ4n) is 1.72. The van der Waals surface area contributed by atoms with Gasteiger partial charge in [0.05, 0.1) is 0 Å². The Kier molecular flexibility index (Phi) is 2.09. The maximum Gasteiger partial charge on any atom is 0.00446 e. The molecule has 0 aromatic carbocycles. The highest BCUT2D eigenvalue weighted by Crippen LogP contribution is 2.29. The molecule has 1 unspecified atom stereocenters. The summed E-state index contributed by atoms with van der Waals surface area (Å²) in [7, 11) is 0. The molecule has 3 atom stereocenters. The number of nitrogens with two attached hydrogens (primary N) is 2. The van der Waals surface area contributed by atoms with Crippen LogP contribution < -0.4 is 11.5 Å². The van der Waals surface area contributed by atoms with E-state index in [-0.39, 0.29) is 0 Å². The maximum atomic E-state index is 5.74. The summed E-state index contributed by atoms with van der Waals surface area (Å²) >= 11 is 0. The molecule has 0 spiro atoms. The van der Waals surface area contributed by atoms with Crippen LogP contribution in [0.1, 0.15) is 19.8 Å². The van der Waals surface area contributed by atoms with Crippen molar-refractivity contribution in [2.75, 3.05) is 6.54 Å². The van der Waals surface area contributed by atoms with Crippen molar-refractivity contribution in [2.24, 2.45) is 23.3 Å². The number of hydrogen-bond acceptors (Lipinski definition) is 2. The number of rotatable bonds is 1. The molecule has 1 aliphatic rings. The summed E-state index contributed by atoms with van der Waals surface area (Å²) in [5.41, 5.74) is 11.3. The van der Waals surface area contributed by atoms with Crippen LogP contribution in [-0.4, -0.2) is 12.6 Å². The van der Waals surface area contributed by atoms with Gasteiger partial charge in [-0.05, 0) is 31.2 Å². The van der Waals surface area contributed by atoms with E-state index < -0.39 is 0 Å². The first-order chi connectivity index (χ1) is 4.24. The Hall–Kier alpha value is -0.0800. The fourth-order valence-corrected chi connectivity index (χ4v) is 1.72. The molecule has 1 aliphatic carbocycles. The molecule has 2 heteroatoms. The second kappa shape index (κ2) is 2.67. The average Bonchev–Trinajstić information content (AvgIpc) is 2.10. The molecular weight excluding hydrogens is 112 g/mol. The first-order valence-corrected chi connectivity index (χ1v) is 3.69. The molecule has 0 aromatic rings. The van der Waals surface area contributed by atoms with Crippen LogP contribution in [-0.2, 0) is 0 Å². The first kappa shape index (κ1) is 7.03. The molecule has 0 amide bonds. The smallest absolute Gasteiger partial charge is 0.00446 e. The molecule has 4 N–H and O–H groups in total. The second-order valence-corrected chi connectivity index (χ2v) is 3.20. The quantitative estimate of drug-likeness (QED) is 0.534. The normalized spacial score (nSPS) is 43.7. The van der Waals surface area contributed by atoms with Crippen molar-refractivity contribution in [3.05, 3.63) is 0 Å². The van der Waals surface area contributed by atoms with Gasteiger partial charge in [-0.1, -0.05) is 6.92 Å². The zero-order valence-electron chi connectivity index (χ0n) is 6.01. The Labute approximate surface area is 56.6 Å². The number of hydrogen-bond donors (Lipinski definition) is 2. The molecule has 0 aromatic heterocycles. The zero-order chi connectivity index (χ0) is 6.85. The Balaban J connectivity index is 2.38. The van der Waals surface area contributed by atoms with Gasteiger partial charge in [-0.3, -0.25) is 0 Å². The van der Waals surface area contributed by atoms with Gasteiger partial charge in [0.1, 0.15) is 0 Å². The molecule has 1 rings (SSSR count). The van der Waals surface area contributed by atoms with Crippen LogP contribution in [0.5, 0.6) is 0 Å². The molecule has 1 fully saturated rings. The molecule has 54 valence electrons. The van der Waals surface area contributed by atoms with E-state index in [9.17, 15) is 0 Å². The summed E-state index contributed by atoms with van der Waals surface area (Å²) in [4.78, 5) is 0. The topological polar surface area (TPSA) is 52.0 Å². The van der Waals surface area contributed by atoms with Crippen molar-refractivity contribution in [3.8, 4) is 0 Å². The molecule has 0 aliphatic heterocycles. The van der Waals surface area contributed by atoms with Crippen LogP contribution in [0, 0.1) is 11.8 Å². The largest absolute Gasteiger partial charge is 0.330 e. The molecular formula is C7H16N2. The average molecular weight is 128 g/mol.